The van der Waals surface area contributed by atoms with Gasteiger partial charge >= 0.3 is 0 Å². The fourth-order valence-corrected chi connectivity index (χ4v) is 5.20. The fraction of sp³-hybridized carbons (Fsp3) is 0.0588. The van der Waals surface area contributed by atoms with Gasteiger partial charge in [-0.2, -0.15) is 0 Å². The van der Waals surface area contributed by atoms with Crippen LogP contribution in [0.1, 0.15) is 24.0 Å². The second-order valence-electron chi connectivity index (χ2n) is 8.89. The molecule has 0 fully saturated rings. The second-order valence-corrected chi connectivity index (χ2v) is 8.89. The van der Waals surface area contributed by atoms with E-state index in [2.05, 4.69) is 122 Å². The highest BCUT2D eigenvalue weighted by Gasteiger charge is 2.18. The summed E-state index contributed by atoms with van der Waals surface area (Å²) >= 11 is 0. The lowest BCUT2D eigenvalue weighted by atomic mass is 9.84. The van der Waals surface area contributed by atoms with Crippen LogP contribution in [0.25, 0.3) is 55.4 Å². The maximum atomic E-state index is 3.89. The molecule has 34 heavy (non-hydrogen) atoms. The topological polar surface area (TPSA) is 0 Å². The van der Waals surface area contributed by atoms with Gasteiger partial charge in [-0.15, -0.1) is 0 Å². The Hall–Kier alpha value is -4.16. The van der Waals surface area contributed by atoms with Crippen LogP contribution in [0.3, 0.4) is 0 Å². The van der Waals surface area contributed by atoms with E-state index < -0.39 is 0 Å². The molecule has 0 bridgehead atoms. The van der Waals surface area contributed by atoms with E-state index in [0.717, 1.165) is 18.4 Å². The Labute approximate surface area is 201 Å². The summed E-state index contributed by atoms with van der Waals surface area (Å²) < 4.78 is 0. The molecule has 1 aliphatic carbocycles. The number of rotatable bonds is 4. The Morgan fingerprint density at radius 3 is 1.94 bits per heavy atom. The molecule has 1 aliphatic rings. The third-order valence-corrected chi connectivity index (χ3v) is 6.85. The van der Waals surface area contributed by atoms with Gasteiger partial charge in [-0.25, -0.2) is 0 Å². The van der Waals surface area contributed by atoms with E-state index in [0.29, 0.717) is 0 Å². The van der Waals surface area contributed by atoms with Crippen LogP contribution in [0.5, 0.6) is 0 Å². The summed E-state index contributed by atoms with van der Waals surface area (Å²) in [5.41, 5.74) is 8.82. The first kappa shape index (κ1) is 20.4. The maximum Gasteiger partial charge on any atom is -0.00262 e. The lowest BCUT2D eigenvalue weighted by molar-refractivity contribution is 1.04. The van der Waals surface area contributed by atoms with E-state index in [-0.39, 0.29) is 0 Å². The second kappa shape index (κ2) is 8.65. The van der Waals surface area contributed by atoms with Gasteiger partial charge in [0.15, 0.2) is 0 Å². The van der Waals surface area contributed by atoms with E-state index in [1.807, 2.05) is 6.08 Å². The zero-order valence-electron chi connectivity index (χ0n) is 19.2. The molecule has 0 nitrogen and oxygen atoms in total. The molecule has 0 unspecified atom stereocenters. The van der Waals surface area contributed by atoms with Gasteiger partial charge in [0.05, 0.1) is 0 Å². The van der Waals surface area contributed by atoms with Crippen LogP contribution in [0.2, 0.25) is 0 Å². The monoisotopic (exact) mass is 434 g/mol. The lowest BCUT2D eigenvalue weighted by Crippen LogP contribution is -1.95. The minimum Gasteiger partial charge on any atom is -0.0985 e. The summed E-state index contributed by atoms with van der Waals surface area (Å²) in [6.45, 7) is 3.89. The Balaban J connectivity index is 1.72. The molecule has 0 aliphatic heterocycles. The van der Waals surface area contributed by atoms with Crippen molar-refractivity contribution < 1.29 is 0 Å². The van der Waals surface area contributed by atoms with Crippen LogP contribution in [-0.2, 0) is 0 Å². The van der Waals surface area contributed by atoms with Gasteiger partial charge in [0.1, 0.15) is 0 Å². The van der Waals surface area contributed by atoms with Crippen molar-refractivity contribution in [2.75, 3.05) is 0 Å². The largest absolute Gasteiger partial charge is 0.0985 e. The van der Waals surface area contributed by atoms with Crippen molar-refractivity contribution in [2.45, 2.75) is 12.8 Å². The van der Waals surface area contributed by atoms with Gasteiger partial charge in [-0.3, -0.25) is 0 Å². The van der Waals surface area contributed by atoms with Crippen LogP contribution in [0.15, 0.2) is 122 Å². The summed E-state index contributed by atoms with van der Waals surface area (Å²) in [6, 6.07) is 35.3. The Kier molecular flexibility index (Phi) is 5.20. The van der Waals surface area contributed by atoms with Gasteiger partial charge in [0, 0.05) is 0 Å². The first-order chi connectivity index (χ1) is 16.8. The van der Waals surface area contributed by atoms with Crippen LogP contribution < -0.4 is 0 Å². The summed E-state index contributed by atoms with van der Waals surface area (Å²) in [4.78, 5) is 0. The average Bonchev–Trinajstić information content (AvgIpc) is 2.92. The van der Waals surface area contributed by atoms with Crippen LogP contribution in [0.4, 0.5) is 0 Å². The minimum absolute atomic E-state index is 1.09. The Morgan fingerprint density at radius 1 is 0.559 bits per heavy atom. The number of fused-ring (bicyclic) bond motifs is 2. The van der Waals surface area contributed by atoms with Gasteiger partial charge in [0.2, 0.25) is 0 Å². The van der Waals surface area contributed by atoms with E-state index in [9.17, 15) is 0 Å². The molecule has 0 spiro atoms. The summed E-state index contributed by atoms with van der Waals surface area (Å²) in [6.07, 6.45) is 11.1. The summed E-state index contributed by atoms with van der Waals surface area (Å²) in [5, 5.41) is 5.22. The van der Waals surface area contributed by atoms with Crippen molar-refractivity contribution in [1.29, 1.82) is 0 Å². The molecule has 5 aromatic rings. The number of hydrogen-bond donors (Lipinski definition) is 0. The number of benzene rings is 5. The Bertz CT molecular complexity index is 1580. The maximum absolute atomic E-state index is 3.89. The first-order valence-corrected chi connectivity index (χ1v) is 12.0. The molecule has 6 rings (SSSR count). The normalized spacial score (nSPS) is 13.2. The van der Waals surface area contributed by atoms with Crippen molar-refractivity contribution in [1.82, 2.24) is 0 Å². The predicted molar refractivity (Wildman–Crippen MR) is 149 cm³/mol. The van der Waals surface area contributed by atoms with Gasteiger partial charge < -0.3 is 0 Å². The highest BCUT2D eigenvalue weighted by molar-refractivity contribution is 6.20. The average molecular weight is 435 g/mol. The van der Waals surface area contributed by atoms with Crippen molar-refractivity contribution >= 4 is 33.2 Å². The first-order valence-electron chi connectivity index (χ1n) is 12.0. The fourth-order valence-electron chi connectivity index (χ4n) is 5.20. The molecular formula is C34H26. The van der Waals surface area contributed by atoms with Crippen molar-refractivity contribution in [3.05, 3.63) is 133 Å². The Morgan fingerprint density at radius 2 is 1.24 bits per heavy atom. The molecule has 0 heteroatoms. The molecule has 0 N–H and O–H groups in total. The number of hydrogen-bond acceptors (Lipinski definition) is 0. The molecule has 5 aromatic carbocycles. The van der Waals surface area contributed by atoms with Crippen LogP contribution in [-0.4, -0.2) is 0 Å². The standard InChI is InChI=1S/C34H26/c1-2-24-17-19-25(20-18-24)28-21-22-31-32(23-28)34(27-13-7-4-8-14-27)30-16-10-9-15-29(30)33(31)26-11-5-3-6-12-26/h2,4-5,7-23H,1,3,6H2. The number of allylic oxidation sites excluding steroid dienone is 4. The van der Waals surface area contributed by atoms with E-state index in [4.69, 9.17) is 0 Å². The molecule has 0 aromatic heterocycles. The molecular weight excluding hydrogens is 408 g/mol. The van der Waals surface area contributed by atoms with E-state index in [1.54, 1.807) is 0 Å². The lowest BCUT2D eigenvalue weighted by Gasteiger charge is -2.20. The van der Waals surface area contributed by atoms with Crippen molar-refractivity contribution in [3.8, 4) is 22.3 Å². The molecule has 0 heterocycles. The zero-order chi connectivity index (χ0) is 22.9. The molecule has 162 valence electrons. The molecule has 0 saturated carbocycles. The van der Waals surface area contributed by atoms with Crippen molar-refractivity contribution in [3.63, 3.8) is 0 Å². The molecule has 0 amide bonds. The third kappa shape index (κ3) is 3.49. The minimum atomic E-state index is 1.09. The summed E-state index contributed by atoms with van der Waals surface area (Å²) in [7, 11) is 0. The van der Waals surface area contributed by atoms with Crippen LogP contribution in [0, 0.1) is 0 Å². The van der Waals surface area contributed by atoms with Crippen LogP contribution >= 0.6 is 0 Å². The quantitative estimate of drug-likeness (QED) is 0.247. The van der Waals surface area contributed by atoms with E-state index in [1.165, 1.54) is 54.9 Å². The third-order valence-electron chi connectivity index (χ3n) is 6.85. The highest BCUT2D eigenvalue weighted by Crippen LogP contribution is 2.43. The predicted octanol–water partition coefficient (Wildman–Crippen LogP) is 9.70. The van der Waals surface area contributed by atoms with E-state index >= 15 is 0 Å². The van der Waals surface area contributed by atoms with Crippen molar-refractivity contribution in [2.24, 2.45) is 0 Å². The van der Waals surface area contributed by atoms with Gasteiger partial charge in [0.25, 0.3) is 0 Å². The smallest absolute Gasteiger partial charge is 0.00262 e. The highest BCUT2D eigenvalue weighted by atomic mass is 14.2. The SMILES string of the molecule is C=Cc1ccc(-c2ccc3c(C4=CCCC=C4)c4ccccc4c(-c4ccccc4)c3c2)cc1. The van der Waals surface area contributed by atoms with Gasteiger partial charge in [-0.05, 0) is 79.4 Å². The molecule has 0 radical (unpaired) electrons. The summed E-state index contributed by atoms with van der Waals surface area (Å²) in [5.74, 6) is 0. The van der Waals surface area contributed by atoms with Gasteiger partial charge in [-0.1, -0.05) is 122 Å². The molecule has 0 saturated heterocycles. The molecule has 0 atom stereocenters. The zero-order valence-corrected chi connectivity index (χ0v) is 19.2.